The number of anilines is 2. The summed E-state index contributed by atoms with van der Waals surface area (Å²) >= 11 is 0. The monoisotopic (exact) mass is 393 g/mol. The van der Waals surface area contributed by atoms with Gasteiger partial charge >= 0.3 is 0 Å². The first kappa shape index (κ1) is 18.7. The van der Waals surface area contributed by atoms with Gasteiger partial charge in [0.25, 0.3) is 0 Å². The molecule has 0 radical (unpaired) electrons. The fourth-order valence-corrected chi connectivity index (χ4v) is 5.37. The summed E-state index contributed by atoms with van der Waals surface area (Å²) in [5.74, 6) is 0.255. The Bertz CT molecular complexity index is 825. The Morgan fingerprint density at radius 3 is 2.31 bits per heavy atom. The van der Waals surface area contributed by atoms with Crippen molar-refractivity contribution in [1.82, 2.24) is 14.5 Å². The number of carbonyl (C=O) groups excluding carboxylic acids is 1. The minimum atomic E-state index is 0.255. The normalized spacial score (nSPS) is 26.6. The number of piperidine rings is 1. The number of likely N-dealkylation sites (tertiary alicyclic amines) is 1. The van der Waals surface area contributed by atoms with E-state index in [1.807, 2.05) is 17.4 Å². The van der Waals surface area contributed by atoms with Crippen LogP contribution in [-0.2, 0) is 4.79 Å². The molecular formula is C23H31N5O. The van der Waals surface area contributed by atoms with E-state index in [1.165, 1.54) is 31.5 Å². The summed E-state index contributed by atoms with van der Waals surface area (Å²) in [5, 5.41) is 0. The van der Waals surface area contributed by atoms with Crippen LogP contribution in [0.25, 0.3) is 0 Å². The van der Waals surface area contributed by atoms with Crippen LogP contribution in [0.4, 0.5) is 11.4 Å². The van der Waals surface area contributed by atoms with E-state index in [2.05, 4.69) is 56.7 Å². The van der Waals surface area contributed by atoms with Crippen LogP contribution in [-0.4, -0.2) is 58.6 Å². The van der Waals surface area contributed by atoms with Gasteiger partial charge in [-0.1, -0.05) is 0 Å². The molecule has 3 saturated heterocycles. The molecule has 29 heavy (non-hydrogen) atoms. The maximum Gasteiger partial charge on any atom is 0.227 e. The van der Waals surface area contributed by atoms with Crippen LogP contribution in [0.2, 0.25) is 0 Å². The molecule has 2 aromatic rings. The van der Waals surface area contributed by atoms with E-state index in [0.29, 0.717) is 24.5 Å². The van der Waals surface area contributed by atoms with Crippen LogP contribution in [0.3, 0.4) is 0 Å². The zero-order chi connectivity index (χ0) is 19.8. The Hall–Kier alpha value is -2.34. The van der Waals surface area contributed by atoms with Crippen molar-refractivity contribution in [3.05, 3.63) is 43.0 Å². The van der Waals surface area contributed by atoms with Crippen molar-refractivity contribution < 1.29 is 4.79 Å². The predicted molar refractivity (Wildman–Crippen MR) is 115 cm³/mol. The van der Waals surface area contributed by atoms with Crippen LogP contribution >= 0.6 is 0 Å². The van der Waals surface area contributed by atoms with Gasteiger partial charge in [0.15, 0.2) is 0 Å². The molecule has 1 amide bonds. The molecule has 2 atom stereocenters. The molecule has 3 aliphatic heterocycles. The molecule has 6 heteroatoms. The van der Waals surface area contributed by atoms with Gasteiger partial charge in [0.05, 0.1) is 6.33 Å². The number of hydrogen-bond acceptors (Lipinski definition) is 4. The van der Waals surface area contributed by atoms with Crippen molar-refractivity contribution in [3.8, 4) is 0 Å². The number of carbonyl (C=O) groups is 1. The minimum absolute atomic E-state index is 0.255. The smallest absolute Gasteiger partial charge is 0.227 e. The zero-order valence-electron chi connectivity index (χ0n) is 17.3. The van der Waals surface area contributed by atoms with E-state index in [4.69, 9.17) is 0 Å². The van der Waals surface area contributed by atoms with Crippen molar-refractivity contribution in [2.45, 2.75) is 57.2 Å². The Balaban J connectivity index is 1.16. The molecule has 0 saturated carbocycles. The minimum Gasteiger partial charge on any atom is -0.371 e. The first-order chi connectivity index (χ1) is 14.2. The second kappa shape index (κ2) is 7.82. The van der Waals surface area contributed by atoms with Crippen LogP contribution in [0.15, 0.2) is 43.0 Å². The summed E-state index contributed by atoms with van der Waals surface area (Å²) in [4.78, 5) is 23.5. The average molecular weight is 394 g/mol. The highest BCUT2D eigenvalue weighted by atomic mass is 16.2. The SMILES string of the molecule is CC1CCC(=O)N1c1ccc(N2CCC(N3CCC(n4ccnc4)C3)CC2)cc1. The maximum atomic E-state index is 12.1. The average Bonchev–Trinajstić information content (AvgIpc) is 3.50. The molecule has 2 unspecified atom stereocenters. The lowest BCUT2D eigenvalue weighted by Crippen LogP contribution is -2.44. The zero-order valence-corrected chi connectivity index (χ0v) is 17.3. The van der Waals surface area contributed by atoms with Gasteiger partial charge in [-0.3, -0.25) is 9.69 Å². The topological polar surface area (TPSA) is 44.6 Å². The molecule has 0 bridgehead atoms. The molecule has 3 aliphatic rings. The van der Waals surface area contributed by atoms with Gasteiger partial charge in [0, 0.05) is 74.5 Å². The van der Waals surface area contributed by atoms with Gasteiger partial charge in [-0.25, -0.2) is 4.98 Å². The molecule has 6 nitrogen and oxygen atoms in total. The second-order valence-corrected chi connectivity index (χ2v) is 8.83. The van der Waals surface area contributed by atoms with Crippen molar-refractivity contribution in [2.24, 2.45) is 0 Å². The predicted octanol–water partition coefficient (Wildman–Crippen LogP) is 3.31. The summed E-state index contributed by atoms with van der Waals surface area (Å²) in [6, 6.07) is 10.2. The van der Waals surface area contributed by atoms with Crippen molar-refractivity contribution in [2.75, 3.05) is 36.0 Å². The highest BCUT2D eigenvalue weighted by Gasteiger charge is 2.32. The van der Waals surface area contributed by atoms with Gasteiger partial charge in [-0.2, -0.15) is 0 Å². The molecule has 0 N–H and O–H groups in total. The van der Waals surface area contributed by atoms with Crippen LogP contribution in [0, 0.1) is 0 Å². The summed E-state index contributed by atoms with van der Waals surface area (Å²) < 4.78 is 2.27. The molecule has 0 aliphatic carbocycles. The number of nitrogens with zero attached hydrogens (tertiary/aromatic N) is 5. The van der Waals surface area contributed by atoms with Gasteiger partial charge < -0.3 is 14.4 Å². The molecule has 154 valence electrons. The molecule has 5 rings (SSSR count). The molecule has 1 aromatic carbocycles. The van der Waals surface area contributed by atoms with E-state index < -0.39 is 0 Å². The number of rotatable bonds is 4. The largest absolute Gasteiger partial charge is 0.371 e. The van der Waals surface area contributed by atoms with Crippen molar-refractivity contribution in [3.63, 3.8) is 0 Å². The number of amides is 1. The molecule has 0 spiro atoms. The number of hydrogen-bond donors (Lipinski definition) is 0. The summed E-state index contributed by atoms with van der Waals surface area (Å²) in [6.07, 6.45) is 11.2. The van der Waals surface area contributed by atoms with Crippen LogP contribution < -0.4 is 9.80 Å². The highest BCUT2D eigenvalue weighted by molar-refractivity contribution is 5.96. The lowest BCUT2D eigenvalue weighted by atomic mass is 10.0. The van der Waals surface area contributed by atoms with E-state index in [1.54, 1.807) is 0 Å². The number of imidazole rings is 1. The third-order valence-corrected chi connectivity index (χ3v) is 7.10. The van der Waals surface area contributed by atoms with E-state index in [9.17, 15) is 4.79 Å². The Morgan fingerprint density at radius 1 is 0.931 bits per heavy atom. The molecule has 3 fully saturated rings. The van der Waals surface area contributed by atoms with Gasteiger partial charge in [-0.05, 0) is 56.9 Å². The van der Waals surface area contributed by atoms with E-state index >= 15 is 0 Å². The third-order valence-electron chi connectivity index (χ3n) is 7.10. The molecular weight excluding hydrogens is 362 g/mol. The lowest BCUT2D eigenvalue weighted by Gasteiger charge is -2.38. The van der Waals surface area contributed by atoms with Crippen LogP contribution in [0.5, 0.6) is 0 Å². The fourth-order valence-electron chi connectivity index (χ4n) is 5.37. The van der Waals surface area contributed by atoms with Gasteiger partial charge in [-0.15, -0.1) is 0 Å². The third kappa shape index (κ3) is 3.66. The quantitative estimate of drug-likeness (QED) is 0.799. The first-order valence-electron chi connectivity index (χ1n) is 11.1. The van der Waals surface area contributed by atoms with Gasteiger partial charge in [0.1, 0.15) is 0 Å². The summed E-state index contributed by atoms with van der Waals surface area (Å²) in [7, 11) is 0. The summed E-state index contributed by atoms with van der Waals surface area (Å²) in [6.45, 7) is 6.70. The van der Waals surface area contributed by atoms with Crippen molar-refractivity contribution >= 4 is 17.3 Å². The van der Waals surface area contributed by atoms with E-state index in [-0.39, 0.29) is 5.91 Å². The molecule has 4 heterocycles. The van der Waals surface area contributed by atoms with Crippen molar-refractivity contribution in [1.29, 1.82) is 0 Å². The second-order valence-electron chi connectivity index (χ2n) is 8.83. The first-order valence-corrected chi connectivity index (χ1v) is 11.1. The van der Waals surface area contributed by atoms with Crippen LogP contribution in [0.1, 0.15) is 45.1 Å². The standard InChI is InChI=1S/C23H31N5O/c1-18-2-7-23(29)28(18)21-5-3-19(4-6-21)25-12-8-20(9-13-25)26-14-10-22(16-26)27-15-11-24-17-27/h3-6,11,15,17-18,20,22H,2,7-10,12-14,16H2,1H3. The molecule has 1 aromatic heterocycles. The van der Waals surface area contributed by atoms with Gasteiger partial charge in [0.2, 0.25) is 5.91 Å². The Labute approximate surface area is 173 Å². The summed E-state index contributed by atoms with van der Waals surface area (Å²) in [5.41, 5.74) is 2.32. The highest BCUT2D eigenvalue weighted by Crippen LogP contribution is 2.31. The van der Waals surface area contributed by atoms with E-state index in [0.717, 1.165) is 31.7 Å². The Kier molecular flexibility index (Phi) is 5.04. The fraction of sp³-hybridized carbons (Fsp3) is 0.565. The lowest BCUT2D eigenvalue weighted by molar-refractivity contribution is -0.117. The maximum absolute atomic E-state index is 12.1. The number of aromatic nitrogens is 2. The number of benzene rings is 1. The Morgan fingerprint density at radius 2 is 1.66 bits per heavy atom.